The molecule has 0 spiro atoms. The van der Waals surface area contributed by atoms with Crippen LogP contribution in [0.15, 0.2) is 35.9 Å². The molecule has 1 fully saturated rings. The van der Waals surface area contributed by atoms with Crippen molar-refractivity contribution in [2.75, 3.05) is 20.1 Å². The van der Waals surface area contributed by atoms with Crippen molar-refractivity contribution in [2.24, 2.45) is 5.92 Å². The van der Waals surface area contributed by atoms with E-state index in [2.05, 4.69) is 30.2 Å². The fraction of sp³-hybridized carbons (Fsp3) is 0.294. The number of benzene rings is 1. The van der Waals surface area contributed by atoms with Crippen molar-refractivity contribution in [1.29, 1.82) is 0 Å². The third kappa shape index (κ3) is 4.94. The van der Waals surface area contributed by atoms with Crippen molar-refractivity contribution in [2.45, 2.75) is 6.42 Å². The molecule has 0 aromatic heterocycles. The molecule has 0 amide bonds. The van der Waals surface area contributed by atoms with E-state index in [1.807, 2.05) is 6.07 Å². The summed E-state index contributed by atoms with van der Waals surface area (Å²) < 4.78 is 0. The van der Waals surface area contributed by atoms with Gasteiger partial charge in [0.05, 0.1) is 0 Å². The number of halogens is 1. The molecule has 2 aliphatic rings. The minimum Gasteiger partial charge on any atom is -0.478 e. The van der Waals surface area contributed by atoms with Crippen LogP contribution in [0.2, 0.25) is 5.02 Å². The molecule has 1 aliphatic heterocycles. The monoisotopic (exact) mass is 335 g/mol. The lowest BCUT2D eigenvalue weighted by atomic mass is 9.85. The highest BCUT2D eigenvalue weighted by atomic mass is 35.5. The van der Waals surface area contributed by atoms with E-state index in [4.69, 9.17) is 21.8 Å². The maximum atomic E-state index is 9.55. The van der Waals surface area contributed by atoms with Crippen molar-refractivity contribution >= 4 is 29.6 Å². The molecule has 1 aliphatic carbocycles. The van der Waals surface area contributed by atoms with Crippen LogP contribution in [0.4, 0.5) is 0 Å². The Morgan fingerprint density at radius 2 is 1.91 bits per heavy atom. The molecule has 2 N–H and O–H groups in total. The quantitative estimate of drug-likeness (QED) is 0.812. The fourth-order valence-electron chi connectivity index (χ4n) is 2.85. The third-order valence-electron chi connectivity index (χ3n) is 3.79. The average Bonchev–Trinajstić information content (AvgIpc) is 2.82. The first-order chi connectivity index (χ1) is 10.8. The maximum Gasteiger partial charge on any atom is 0.328 e. The average molecular weight is 336 g/mol. The van der Waals surface area contributed by atoms with Gasteiger partial charge in [-0.3, -0.25) is 0 Å². The number of hydrogen-bond acceptors (Lipinski definition) is 3. The molecule has 1 aromatic rings. The number of carbonyl (C=O) groups is 2. The summed E-state index contributed by atoms with van der Waals surface area (Å²) in [6.45, 7) is 2.32. The maximum absolute atomic E-state index is 9.55. The van der Waals surface area contributed by atoms with Gasteiger partial charge in [0, 0.05) is 30.3 Å². The third-order valence-corrected chi connectivity index (χ3v) is 4.03. The molecule has 5 nitrogen and oxygen atoms in total. The zero-order valence-corrected chi connectivity index (χ0v) is 13.5. The highest BCUT2D eigenvalue weighted by molar-refractivity contribution is 6.30. The van der Waals surface area contributed by atoms with E-state index >= 15 is 0 Å². The molecule has 0 bridgehead atoms. The summed E-state index contributed by atoms with van der Waals surface area (Å²) in [7, 11) is 2.19. The molecule has 6 heteroatoms. The Morgan fingerprint density at radius 1 is 1.26 bits per heavy atom. The lowest BCUT2D eigenvalue weighted by Crippen LogP contribution is -2.15. The lowest BCUT2D eigenvalue weighted by Gasteiger charge is -2.19. The highest BCUT2D eigenvalue weighted by Crippen LogP contribution is 2.34. The van der Waals surface area contributed by atoms with Crippen LogP contribution in [0, 0.1) is 5.92 Å². The van der Waals surface area contributed by atoms with Gasteiger partial charge in [0.25, 0.3) is 0 Å². The van der Waals surface area contributed by atoms with Gasteiger partial charge in [-0.25, -0.2) is 9.59 Å². The van der Waals surface area contributed by atoms with E-state index in [1.54, 1.807) is 5.57 Å². The smallest absolute Gasteiger partial charge is 0.328 e. The number of aliphatic carboxylic acids is 2. The number of fused-ring (bicyclic) bond motifs is 2. The van der Waals surface area contributed by atoms with Crippen LogP contribution < -0.4 is 0 Å². The standard InChI is InChI=1S/C13H14ClN.C4H4O4/c1-15-7-11-4-9-2-3-13(14)6-10(9)5-12(11)8-15;5-3(6)1-2-4(7)8/h2-3,5-6,11H,4,7-8H2,1H3;1-2H,(H,5,6)(H,7,8)/b;2-1+. The van der Waals surface area contributed by atoms with E-state index in [0.717, 1.165) is 17.5 Å². The van der Waals surface area contributed by atoms with Gasteiger partial charge in [-0.15, -0.1) is 0 Å². The Labute approximate surface area is 139 Å². The number of rotatable bonds is 2. The SMILES string of the molecule is CN1CC2=Cc3cc(Cl)ccc3CC2C1.O=C(O)/C=C/C(=O)O. The van der Waals surface area contributed by atoms with Gasteiger partial charge in [-0.05, 0) is 42.6 Å². The van der Waals surface area contributed by atoms with Crippen LogP contribution >= 0.6 is 11.6 Å². The van der Waals surface area contributed by atoms with Gasteiger partial charge < -0.3 is 15.1 Å². The molecule has 0 saturated carbocycles. The normalized spacial score (nSPS) is 19.4. The Hall–Kier alpha value is -2.11. The Balaban J connectivity index is 0.000000207. The second kappa shape index (κ2) is 7.44. The highest BCUT2D eigenvalue weighted by Gasteiger charge is 2.28. The summed E-state index contributed by atoms with van der Waals surface area (Å²) in [5.74, 6) is -1.77. The fourth-order valence-corrected chi connectivity index (χ4v) is 3.03. The predicted molar refractivity (Wildman–Crippen MR) is 88.5 cm³/mol. The van der Waals surface area contributed by atoms with E-state index in [-0.39, 0.29) is 0 Å². The summed E-state index contributed by atoms with van der Waals surface area (Å²) in [4.78, 5) is 21.5. The molecular formula is C17H18ClNO4. The number of nitrogens with zero attached hydrogens (tertiary/aromatic N) is 1. The van der Waals surface area contributed by atoms with Gasteiger partial charge in [0.15, 0.2) is 0 Å². The summed E-state index contributed by atoms with van der Waals surface area (Å²) in [6.07, 6.45) is 4.63. The van der Waals surface area contributed by atoms with Gasteiger partial charge >= 0.3 is 11.9 Å². The van der Waals surface area contributed by atoms with E-state index in [0.29, 0.717) is 12.2 Å². The number of hydrogen-bond donors (Lipinski definition) is 2. The first kappa shape index (κ1) is 17.2. The van der Waals surface area contributed by atoms with Gasteiger partial charge in [-0.2, -0.15) is 0 Å². The zero-order chi connectivity index (χ0) is 17.0. The zero-order valence-electron chi connectivity index (χ0n) is 12.7. The van der Waals surface area contributed by atoms with Crippen LogP contribution in [0.1, 0.15) is 11.1 Å². The summed E-state index contributed by atoms with van der Waals surface area (Å²) >= 11 is 6.01. The molecule has 1 atom stereocenters. The van der Waals surface area contributed by atoms with E-state index in [9.17, 15) is 9.59 Å². The number of carboxylic acid groups (broad SMARTS) is 2. The molecular weight excluding hydrogens is 318 g/mol. The van der Waals surface area contributed by atoms with E-state index < -0.39 is 11.9 Å². The molecule has 1 unspecified atom stereocenters. The predicted octanol–water partition coefficient (Wildman–Crippen LogP) is 2.55. The minimum atomic E-state index is -1.26. The van der Waals surface area contributed by atoms with Gasteiger partial charge in [0.1, 0.15) is 0 Å². The van der Waals surface area contributed by atoms with Crippen molar-refractivity contribution in [3.05, 3.63) is 52.1 Å². The van der Waals surface area contributed by atoms with Crippen LogP contribution in [-0.2, 0) is 16.0 Å². The molecule has 0 radical (unpaired) electrons. The Kier molecular flexibility index (Phi) is 5.58. The Bertz CT molecular complexity index is 665. The van der Waals surface area contributed by atoms with Crippen molar-refractivity contribution in [3.8, 4) is 0 Å². The molecule has 122 valence electrons. The van der Waals surface area contributed by atoms with Crippen molar-refractivity contribution in [1.82, 2.24) is 4.90 Å². The Morgan fingerprint density at radius 3 is 2.52 bits per heavy atom. The molecule has 3 rings (SSSR count). The van der Waals surface area contributed by atoms with Crippen molar-refractivity contribution in [3.63, 3.8) is 0 Å². The molecule has 1 aromatic carbocycles. The molecule has 23 heavy (non-hydrogen) atoms. The van der Waals surface area contributed by atoms with Gasteiger partial charge in [0.2, 0.25) is 0 Å². The second-order valence-corrected chi connectivity index (χ2v) is 6.11. The number of carboxylic acids is 2. The van der Waals surface area contributed by atoms with Crippen LogP contribution in [-0.4, -0.2) is 47.2 Å². The van der Waals surface area contributed by atoms with E-state index in [1.165, 1.54) is 24.1 Å². The molecule has 1 saturated heterocycles. The second-order valence-electron chi connectivity index (χ2n) is 5.67. The summed E-state index contributed by atoms with van der Waals surface area (Å²) in [6, 6.07) is 6.25. The first-order valence-corrected chi connectivity index (χ1v) is 7.54. The van der Waals surface area contributed by atoms with Crippen LogP contribution in [0.5, 0.6) is 0 Å². The van der Waals surface area contributed by atoms with Crippen LogP contribution in [0.25, 0.3) is 6.08 Å². The van der Waals surface area contributed by atoms with Crippen LogP contribution in [0.3, 0.4) is 0 Å². The number of likely N-dealkylation sites (N-methyl/N-ethyl adjacent to an activating group) is 1. The lowest BCUT2D eigenvalue weighted by molar-refractivity contribution is -0.134. The largest absolute Gasteiger partial charge is 0.478 e. The number of likely N-dealkylation sites (tertiary alicyclic amines) is 1. The topological polar surface area (TPSA) is 77.8 Å². The first-order valence-electron chi connectivity index (χ1n) is 7.16. The summed E-state index contributed by atoms with van der Waals surface area (Å²) in [5.41, 5.74) is 4.35. The van der Waals surface area contributed by atoms with Gasteiger partial charge in [-0.1, -0.05) is 29.3 Å². The minimum absolute atomic E-state index is 0.558. The van der Waals surface area contributed by atoms with Crippen molar-refractivity contribution < 1.29 is 19.8 Å². The summed E-state index contributed by atoms with van der Waals surface area (Å²) in [5, 5.41) is 16.5. The molecule has 1 heterocycles.